The van der Waals surface area contributed by atoms with E-state index in [9.17, 15) is 18.8 Å². The summed E-state index contributed by atoms with van der Waals surface area (Å²) in [6.07, 6.45) is 0.172. The minimum Gasteiger partial charge on any atom is -0.466 e. The number of alkyl carbamates (subject to hydrolysis) is 1. The maximum Gasteiger partial charge on any atom is 0.408 e. The van der Waals surface area contributed by atoms with Crippen LogP contribution in [-0.2, 0) is 23.8 Å². The van der Waals surface area contributed by atoms with Gasteiger partial charge in [0.25, 0.3) is 0 Å². The molecular formula is C20H36FNO6. The summed E-state index contributed by atoms with van der Waals surface area (Å²) in [6, 6.07) is -0.989. The maximum atomic E-state index is 12.5. The summed E-state index contributed by atoms with van der Waals surface area (Å²) in [5, 5.41) is 2.52. The SMILES string of the molecule is CCOC(=O)C(CCC[18F])CC[C@H](NC(=O)OC(C)(C)C)C(=O)OC(C)(C)C. The highest BCUT2D eigenvalue weighted by Gasteiger charge is 2.30. The maximum absolute atomic E-state index is 12.5. The molecule has 1 amide bonds. The van der Waals surface area contributed by atoms with Gasteiger partial charge in [0.05, 0.1) is 19.2 Å². The first kappa shape index (κ1) is 26.1. The summed E-state index contributed by atoms with van der Waals surface area (Å²) in [4.78, 5) is 36.7. The van der Waals surface area contributed by atoms with Gasteiger partial charge in [0.1, 0.15) is 17.2 Å². The van der Waals surface area contributed by atoms with Crippen LogP contribution in [0.4, 0.5) is 9.18 Å². The molecule has 7 nitrogen and oxygen atoms in total. The van der Waals surface area contributed by atoms with Gasteiger partial charge in [-0.15, -0.1) is 0 Å². The average Bonchev–Trinajstić information content (AvgIpc) is 2.50. The minimum atomic E-state index is -0.989. The Bertz CT molecular complexity index is 510. The number of ether oxygens (including phenoxy) is 3. The largest absolute Gasteiger partial charge is 0.466 e. The topological polar surface area (TPSA) is 90.9 Å². The van der Waals surface area contributed by atoms with Crippen LogP contribution in [0.5, 0.6) is 0 Å². The number of hydrogen-bond acceptors (Lipinski definition) is 6. The molecule has 0 spiro atoms. The van der Waals surface area contributed by atoms with Gasteiger partial charge in [0, 0.05) is 0 Å². The normalized spacial score (nSPS) is 14.0. The summed E-state index contributed by atoms with van der Waals surface area (Å²) >= 11 is 0. The molecule has 0 heterocycles. The van der Waals surface area contributed by atoms with Crippen molar-refractivity contribution in [1.82, 2.24) is 5.32 Å². The Morgan fingerprint density at radius 1 is 0.893 bits per heavy atom. The number of carbonyl (C=O) groups is 3. The monoisotopic (exact) mass is 404 g/mol. The zero-order chi connectivity index (χ0) is 22.0. The van der Waals surface area contributed by atoms with Gasteiger partial charge in [0.2, 0.25) is 0 Å². The quantitative estimate of drug-likeness (QED) is 0.438. The molecule has 0 radical (unpaired) electrons. The van der Waals surface area contributed by atoms with Crippen molar-refractivity contribution in [3.63, 3.8) is 0 Å². The molecule has 0 fully saturated rings. The predicted molar refractivity (Wildman–Crippen MR) is 104 cm³/mol. The third kappa shape index (κ3) is 12.5. The fourth-order valence-electron chi connectivity index (χ4n) is 2.40. The van der Waals surface area contributed by atoms with Gasteiger partial charge < -0.3 is 19.5 Å². The van der Waals surface area contributed by atoms with Crippen LogP contribution in [0.1, 0.15) is 74.1 Å². The molecule has 0 bridgehead atoms. The molecule has 28 heavy (non-hydrogen) atoms. The first-order valence-corrected chi connectivity index (χ1v) is 9.74. The predicted octanol–water partition coefficient (Wildman–Crippen LogP) is 3.93. The Labute approximate surface area is 167 Å². The fraction of sp³-hybridized carbons (Fsp3) is 0.850. The average molecular weight is 405 g/mol. The molecule has 0 aliphatic carbocycles. The van der Waals surface area contributed by atoms with E-state index in [0.29, 0.717) is 6.42 Å². The van der Waals surface area contributed by atoms with E-state index in [1.165, 1.54) is 0 Å². The van der Waals surface area contributed by atoms with E-state index in [4.69, 9.17) is 14.2 Å². The van der Waals surface area contributed by atoms with E-state index in [2.05, 4.69) is 5.32 Å². The van der Waals surface area contributed by atoms with Gasteiger partial charge in [-0.25, -0.2) is 9.59 Å². The van der Waals surface area contributed by atoms with Crippen LogP contribution < -0.4 is 5.32 Å². The van der Waals surface area contributed by atoms with Gasteiger partial charge in [-0.1, -0.05) is 0 Å². The van der Waals surface area contributed by atoms with Crippen molar-refractivity contribution < 1.29 is 33.0 Å². The van der Waals surface area contributed by atoms with E-state index in [1.807, 2.05) is 0 Å². The van der Waals surface area contributed by atoms with Gasteiger partial charge in [-0.05, 0) is 74.1 Å². The van der Waals surface area contributed by atoms with Crippen LogP contribution in [-0.4, -0.2) is 48.6 Å². The summed E-state index contributed by atoms with van der Waals surface area (Å²) in [6.45, 7) is 11.7. The summed E-state index contributed by atoms with van der Waals surface area (Å²) < 4.78 is 28.2. The second kappa shape index (κ2) is 11.9. The summed E-state index contributed by atoms with van der Waals surface area (Å²) in [5.41, 5.74) is -1.46. The number of amides is 1. The summed E-state index contributed by atoms with van der Waals surface area (Å²) in [5.74, 6) is -1.61. The molecule has 0 aliphatic heterocycles. The van der Waals surface area contributed by atoms with Crippen molar-refractivity contribution in [3.8, 4) is 0 Å². The molecule has 1 N–H and O–H groups in total. The molecule has 0 aromatic carbocycles. The third-order valence-corrected chi connectivity index (χ3v) is 3.49. The van der Waals surface area contributed by atoms with Crippen LogP contribution >= 0.6 is 0 Å². The minimum absolute atomic E-state index is 0.143. The van der Waals surface area contributed by atoms with E-state index in [0.717, 1.165) is 0 Å². The first-order chi connectivity index (χ1) is 12.8. The molecule has 0 saturated carbocycles. The van der Waals surface area contributed by atoms with Crippen molar-refractivity contribution in [2.75, 3.05) is 13.3 Å². The molecule has 0 aliphatic rings. The lowest BCUT2D eigenvalue weighted by Gasteiger charge is -2.27. The van der Waals surface area contributed by atoms with E-state index in [1.54, 1.807) is 48.5 Å². The molecule has 0 saturated heterocycles. The Kier molecular flexibility index (Phi) is 11.1. The van der Waals surface area contributed by atoms with Gasteiger partial charge in [-0.3, -0.25) is 9.18 Å². The Morgan fingerprint density at radius 3 is 1.93 bits per heavy atom. The molecule has 0 aromatic rings. The van der Waals surface area contributed by atoms with Crippen molar-refractivity contribution in [2.45, 2.75) is 91.4 Å². The van der Waals surface area contributed by atoms with Crippen molar-refractivity contribution in [2.24, 2.45) is 5.92 Å². The van der Waals surface area contributed by atoms with E-state index < -0.39 is 47.9 Å². The number of rotatable bonds is 10. The molecular weight excluding hydrogens is 368 g/mol. The van der Waals surface area contributed by atoms with Crippen molar-refractivity contribution >= 4 is 18.0 Å². The molecule has 8 heteroatoms. The number of halogens is 1. The smallest absolute Gasteiger partial charge is 0.408 e. The number of hydrogen-bond donors (Lipinski definition) is 1. The van der Waals surface area contributed by atoms with Crippen LogP contribution in [0.15, 0.2) is 0 Å². The zero-order valence-electron chi connectivity index (χ0n) is 18.2. The lowest BCUT2D eigenvalue weighted by atomic mass is 9.95. The molecule has 164 valence electrons. The molecule has 2 atom stereocenters. The highest BCUT2D eigenvalue weighted by atomic mass is 18.2. The van der Waals surface area contributed by atoms with Crippen LogP contribution in [0, 0.1) is 5.92 Å². The molecule has 1 unspecified atom stereocenters. The lowest BCUT2D eigenvalue weighted by Crippen LogP contribution is -2.46. The number of esters is 2. The van der Waals surface area contributed by atoms with Crippen molar-refractivity contribution in [1.29, 1.82) is 0 Å². The van der Waals surface area contributed by atoms with Crippen LogP contribution in [0.2, 0.25) is 0 Å². The van der Waals surface area contributed by atoms with Crippen LogP contribution in [0.3, 0.4) is 0 Å². The molecule has 0 rings (SSSR count). The number of alkyl halides is 1. The first-order valence-electron chi connectivity index (χ1n) is 9.74. The standard InChI is InChI=1S/C20H36FNO6/c1-8-26-16(23)14(10-9-13-21)11-12-15(17(24)27-19(2,3)4)22-18(25)28-20(5,6)7/h14-15H,8-13H2,1-7H3,(H,22,25)/t14?,15-/m0/s1/i21-1. The van der Waals surface area contributed by atoms with Gasteiger partial charge in [-0.2, -0.15) is 0 Å². The van der Waals surface area contributed by atoms with E-state index in [-0.39, 0.29) is 25.9 Å². The fourth-order valence-corrected chi connectivity index (χ4v) is 2.40. The second-order valence-corrected chi connectivity index (χ2v) is 8.59. The van der Waals surface area contributed by atoms with Crippen LogP contribution in [0.25, 0.3) is 0 Å². The van der Waals surface area contributed by atoms with Gasteiger partial charge in [0.15, 0.2) is 0 Å². The highest BCUT2D eigenvalue weighted by Crippen LogP contribution is 2.19. The highest BCUT2D eigenvalue weighted by molar-refractivity contribution is 5.81. The Hall–Kier alpha value is -1.86. The number of carbonyl (C=O) groups excluding carboxylic acids is 3. The second-order valence-electron chi connectivity index (χ2n) is 8.59. The Morgan fingerprint density at radius 2 is 1.46 bits per heavy atom. The lowest BCUT2D eigenvalue weighted by molar-refractivity contribution is -0.158. The zero-order valence-corrected chi connectivity index (χ0v) is 18.2. The van der Waals surface area contributed by atoms with Gasteiger partial charge >= 0.3 is 18.0 Å². The molecule has 0 aromatic heterocycles. The number of nitrogens with one attached hydrogen (secondary N) is 1. The van der Waals surface area contributed by atoms with Crippen molar-refractivity contribution in [3.05, 3.63) is 0 Å². The third-order valence-electron chi connectivity index (χ3n) is 3.49. The summed E-state index contributed by atoms with van der Waals surface area (Å²) in [7, 11) is 0. The Balaban J connectivity index is 5.17. The van der Waals surface area contributed by atoms with E-state index >= 15 is 0 Å².